The van der Waals surface area contributed by atoms with Crippen molar-refractivity contribution >= 4 is 46.4 Å². The number of aromatic amines is 1. The molecule has 2 N–H and O–H groups in total. The number of benzodiazepines with no additional fused rings is 1. The maximum atomic E-state index is 13.6. The van der Waals surface area contributed by atoms with Gasteiger partial charge in [0.25, 0.3) is 5.91 Å². The number of aliphatic carboxylic acids is 1. The maximum Gasteiger partial charge on any atom is 0.341 e. The molecule has 2 heterocycles. The van der Waals surface area contributed by atoms with Gasteiger partial charge in [0.15, 0.2) is 6.61 Å². The third-order valence-corrected chi connectivity index (χ3v) is 5.97. The Morgan fingerprint density at radius 2 is 1.86 bits per heavy atom. The number of ether oxygens (including phenoxy) is 1. The number of nitrogens with one attached hydrogen (secondary N) is 1. The molecule has 180 valence electrons. The third-order valence-electron chi connectivity index (χ3n) is 5.97. The first-order chi connectivity index (χ1) is 17.5. The lowest BCUT2D eigenvalue weighted by Crippen LogP contribution is -2.46. The molecule has 1 unspecified atom stereocenters. The topological polar surface area (TPSA) is 115 Å². The number of fused-ring (bicyclic) bond motifs is 2. The van der Waals surface area contributed by atoms with E-state index in [1.54, 1.807) is 31.3 Å². The maximum absolute atomic E-state index is 13.6. The Morgan fingerprint density at radius 3 is 2.61 bits per heavy atom. The summed E-state index contributed by atoms with van der Waals surface area (Å²) < 4.78 is 5.26. The number of carbonyl (C=O) groups is 3. The molecule has 0 spiro atoms. The van der Waals surface area contributed by atoms with Crippen LogP contribution in [0.1, 0.15) is 11.1 Å². The highest BCUT2D eigenvalue weighted by Crippen LogP contribution is 2.31. The number of nitrogens with zero attached hydrogens (tertiary/aromatic N) is 3. The van der Waals surface area contributed by atoms with Gasteiger partial charge in [0.05, 0.1) is 11.4 Å². The summed E-state index contributed by atoms with van der Waals surface area (Å²) in [5.41, 5.74) is 3.58. The number of amides is 2. The number of aromatic nitrogens is 1. The summed E-state index contributed by atoms with van der Waals surface area (Å²) in [5.74, 6) is -0.715. The zero-order valence-corrected chi connectivity index (χ0v) is 19.3. The molecule has 1 aliphatic rings. The van der Waals surface area contributed by atoms with Gasteiger partial charge in [-0.25, -0.2) is 9.79 Å². The normalized spacial score (nSPS) is 15.1. The number of rotatable bonds is 7. The quantitative estimate of drug-likeness (QED) is 0.392. The van der Waals surface area contributed by atoms with Crippen molar-refractivity contribution in [3.8, 4) is 5.75 Å². The smallest absolute Gasteiger partial charge is 0.341 e. The number of benzene rings is 3. The molecule has 0 radical (unpaired) electrons. The van der Waals surface area contributed by atoms with Gasteiger partial charge < -0.3 is 19.7 Å². The van der Waals surface area contributed by atoms with E-state index in [-0.39, 0.29) is 5.91 Å². The second-order valence-corrected chi connectivity index (χ2v) is 8.23. The molecule has 0 bridgehead atoms. The summed E-state index contributed by atoms with van der Waals surface area (Å²) in [7, 11) is 1.66. The standard InChI is InChI=1S/C27H22N4O5/c1-30-22-10-6-5-9-20(22)25(17-7-3-2-4-8-17)29-26(27(30)35)31(16-32)23-14-18-13-19(36-15-24(33)34)11-12-21(18)28-23/h2-14,16,26,28H,15H2,1H3,(H,33,34). The monoisotopic (exact) mass is 482 g/mol. The van der Waals surface area contributed by atoms with Crippen LogP contribution in [0.2, 0.25) is 0 Å². The number of hydrogen-bond donors (Lipinski definition) is 2. The Hall–Kier alpha value is -4.92. The molecule has 36 heavy (non-hydrogen) atoms. The van der Waals surface area contributed by atoms with E-state index < -0.39 is 18.7 Å². The van der Waals surface area contributed by atoms with Crippen molar-refractivity contribution in [3.63, 3.8) is 0 Å². The number of hydrogen-bond acceptors (Lipinski definition) is 5. The van der Waals surface area contributed by atoms with E-state index in [1.165, 1.54) is 9.80 Å². The number of carboxylic acid groups (broad SMARTS) is 1. The summed E-state index contributed by atoms with van der Waals surface area (Å²) in [4.78, 5) is 47.5. The molecule has 1 aromatic heterocycles. The van der Waals surface area contributed by atoms with Crippen molar-refractivity contribution in [2.75, 3.05) is 23.5 Å². The summed E-state index contributed by atoms with van der Waals surface area (Å²) in [6, 6.07) is 23.7. The molecule has 4 aromatic rings. The average molecular weight is 482 g/mol. The van der Waals surface area contributed by atoms with Crippen LogP contribution in [0.15, 0.2) is 83.9 Å². The van der Waals surface area contributed by atoms with Gasteiger partial charge in [-0.05, 0) is 30.3 Å². The summed E-state index contributed by atoms with van der Waals surface area (Å²) in [5, 5.41) is 9.54. The zero-order valence-electron chi connectivity index (χ0n) is 19.3. The SMILES string of the molecule is CN1C(=O)C(N(C=O)c2cc3cc(OCC(=O)O)ccc3[nH]2)N=C(c2ccccc2)c2ccccc21. The highest BCUT2D eigenvalue weighted by molar-refractivity contribution is 6.20. The van der Waals surface area contributed by atoms with Crippen molar-refractivity contribution in [3.05, 3.63) is 90.0 Å². The van der Waals surface area contributed by atoms with Crippen molar-refractivity contribution in [1.82, 2.24) is 4.98 Å². The number of anilines is 2. The first-order valence-electron chi connectivity index (χ1n) is 11.2. The number of likely N-dealkylation sites (N-methyl/N-ethyl adjacent to an activating group) is 1. The lowest BCUT2D eigenvalue weighted by Gasteiger charge is -2.26. The molecule has 0 aliphatic carbocycles. The van der Waals surface area contributed by atoms with Gasteiger partial charge in [0, 0.05) is 29.1 Å². The Balaban J connectivity index is 1.59. The largest absolute Gasteiger partial charge is 0.482 e. The van der Waals surface area contributed by atoms with E-state index in [1.807, 2.05) is 54.6 Å². The van der Waals surface area contributed by atoms with Gasteiger partial charge in [-0.3, -0.25) is 14.5 Å². The molecule has 0 fully saturated rings. The number of carbonyl (C=O) groups excluding carboxylic acids is 2. The Morgan fingerprint density at radius 1 is 1.11 bits per heavy atom. The molecule has 9 nitrogen and oxygen atoms in total. The van der Waals surface area contributed by atoms with E-state index in [4.69, 9.17) is 14.8 Å². The van der Waals surface area contributed by atoms with Crippen LogP contribution in [0.25, 0.3) is 10.9 Å². The molecule has 1 atom stereocenters. The van der Waals surface area contributed by atoms with Crippen LogP contribution in [-0.4, -0.2) is 53.9 Å². The molecular formula is C27H22N4O5. The fourth-order valence-corrected chi connectivity index (χ4v) is 4.23. The number of para-hydroxylation sites is 1. The minimum absolute atomic E-state index is 0.365. The highest BCUT2D eigenvalue weighted by Gasteiger charge is 2.34. The van der Waals surface area contributed by atoms with Crippen LogP contribution in [-0.2, 0) is 14.4 Å². The molecule has 0 saturated carbocycles. The second kappa shape index (κ2) is 9.38. The van der Waals surface area contributed by atoms with Gasteiger partial charge in [0.1, 0.15) is 11.6 Å². The van der Waals surface area contributed by atoms with Crippen molar-refractivity contribution < 1.29 is 24.2 Å². The summed E-state index contributed by atoms with van der Waals surface area (Å²) in [6.45, 7) is -0.469. The predicted octanol–water partition coefficient (Wildman–Crippen LogP) is 3.43. The minimum Gasteiger partial charge on any atom is -0.482 e. The highest BCUT2D eigenvalue weighted by atomic mass is 16.5. The zero-order chi connectivity index (χ0) is 25.2. The Labute approximate surface area is 206 Å². The average Bonchev–Trinajstić information content (AvgIpc) is 3.28. The fraction of sp³-hybridized carbons (Fsp3) is 0.111. The van der Waals surface area contributed by atoms with Crippen LogP contribution >= 0.6 is 0 Å². The van der Waals surface area contributed by atoms with Gasteiger partial charge in [-0.2, -0.15) is 0 Å². The lowest BCUT2D eigenvalue weighted by molar-refractivity contribution is -0.139. The predicted molar refractivity (Wildman–Crippen MR) is 136 cm³/mol. The molecule has 3 aromatic carbocycles. The van der Waals surface area contributed by atoms with Crippen LogP contribution in [0, 0.1) is 0 Å². The van der Waals surface area contributed by atoms with Gasteiger partial charge in [-0.15, -0.1) is 0 Å². The summed E-state index contributed by atoms with van der Waals surface area (Å²) in [6.07, 6.45) is -0.587. The summed E-state index contributed by atoms with van der Waals surface area (Å²) >= 11 is 0. The second-order valence-electron chi connectivity index (χ2n) is 8.23. The van der Waals surface area contributed by atoms with Crippen LogP contribution in [0.5, 0.6) is 5.75 Å². The first kappa shape index (κ1) is 22.9. The lowest BCUT2D eigenvalue weighted by atomic mass is 10.0. The van der Waals surface area contributed by atoms with Crippen LogP contribution < -0.4 is 14.5 Å². The van der Waals surface area contributed by atoms with E-state index in [0.29, 0.717) is 40.3 Å². The Kier molecular flexibility index (Phi) is 5.95. The van der Waals surface area contributed by atoms with Crippen LogP contribution in [0.3, 0.4) is 0 Å². The first-order valence-corrected chi connectivity index (χ1v) is 11.2. The number of H-pyrrole nitrogens is 1. The van der Waals surface area contributed by atoms with E-state index in [2.05, 4.69) is 4.98 Å². The number of carboxylic acids is 1. The van der Waals surface area contributed by atoms with E-state index in [0.717, 1.165) is 11.1 Å². The van der Waals surface area contributed by atoms with Crippen molar-refractivity contribution in [2.24, 2.45) is 4.99 Å². The van der Waals surface area contributed by atoms with E-state index >= 15 is 0 Å². The Bertz CT molecular complexity index is 1490. The molecule has 0 saturated heterocycles. The van der Waals surface area contributed by atoms with Crippen molar-refractivity contribution in [1.29, 1.82) is 0 Å². The van der Waals surface area contributed by atoms with Gasteiger partial charge >= 0.3 is 5.97 Å². The molecule has 9 heteroatoms. The minimum atomic E-state index is -1.16. The molecule has 1 aliphatic heterocycles. The third kappa shape index (κ3) is 4.18. The van der Waals surface area contributed by atoms with E-state index in [9.17, 15) is 14.4 Å². The van der Waals surface area contributed by atoms with Gasteiger partial charge in [0.2, 0.25) is 12.6 Å². The molecular weight excluding hydrogens is 460 g/mol. The van der Waals surface area contributed by atoms with Gasteiger partial charge in [-0.1, -0.05) is 48.5 Å². The molecule has 2 amide bonds. The van der Waals surface area contributed by atoms with Crippen LogP contribution in [0.4, 0.5) is 11.5 Å². The molecule has 5 rings (SSSR count). The van der Waals surface area contributed by atoms with Crippen molar-refractivity contribution in [2.45, 2.75) is 6.17 Å². The number of aliphatic imine (C=N–C) groups is 1. The fourth-order valence-electron chi connectivity index (χ4n) is 4.23.